The van der Waals surface area contributed by atoms with E-state index in [1.165, 1.54) is 36.9 Å². The van der Waals surface area contributed by atoms with Crippen LogP contribution in [0.5, 0.6) is 5.75 Å². The van der Waals surface area contributed by atoms with Crippen LogP contribution in [0.3, 0.4) is 0 Å². The number of aromatic nitrogens is 3. The second-order valence-electron chi connectivity index (χ2n) is 13.4. The number of aromatic hydroxyl groups is 1. The van der Waals surface area contributed by atoms with Crippen LogP contribution < -0.4 is 32.3 Å². The molecule has 1 aromatic heterocycles. The molecular formula is C35H55N9O10. The van der Waals surface area contributed by atoms with Crippen molar-refractivity contribution in [3.8, 4) is 5.75 Å². The van der Waals surface area contributed by atoms with Crippen molar-refractivity contribution < 1.29 is 48.5 Å². The normalized spacial score (nSPS) is 14.1. The Bertz CT molecular complexity index is 1530. The smallest absolute Gasteiger partial charge is 0.328 e. The van der Waals surface area contributed by atoms with E-state index in [2.05, 4.69) is 36.9 Å². The molecule has 2 aromatic rings. The average molecular weight is 762 g/mol. The zero-order valence-corrected chi connectivity index (χ0v) is 31.7. The topological polar surface area (TPSA) is 278 Å². The summed E-state index contributed by atoms with van der Waals surface area (Å²) >= 11 is 0. The van der Waals surface area contributed by atoms with Crippen LogP contribution in [-0.2, 0) is 57.6 Å². The lowest BCUT2D eigenvalue weighted by atomic mass is 9.95. The van der Waals surface area contributed by atoms with E-state index in [4.69, 9.17) is 15.2 Å². The maximum Gasteiger partial charge on any atom is 0.328 e. The van der Waals surface area contributed by atoms with Gasteiger partial charge in [-0.3, -0.25) is 24.0 Å². The van der Waals surface area contributed by atoms with E-state index < -0.39 is 59.8 Å². The number of Topliss-reactive ketones (excluding diaryl/α,β-unsaturated/α-hetero) is 1. The van der Waals surface area contributed by atoms with Gasteiger partial charge in [-0.15, -0.1) is 5.10 Å². The highest BCUT2D eigenvalue weighted by atomic mass is 16.5. The molecule has 1 aromatic carbocycles. The molecule has 2 rings (SSSR count). The quantitative estimate of drug-likeness (QED) is 0.0531. The summed E-state index contributed by atoms with van der Waals surface area (Å²) in [6.07, 6.45) is 1.45. The third kappa shape index (κ3) is 16.8. The number of nitrogens with zero attached hydrogens (tertiary/aromatic N) is 3. The number of ketones is 1. The van der Waals surface area contributed by atoms with Gasteiger partial charge in [-0.1, -0.05) is 45.0 Å². The highest BCUT2D eigenvalue weighted by molar-refractivity contribution is 5.95. The van der Waals surface area contributed by atoms with Gasteiger partial charge in [0.1, 0.15) is 30.5 Å². The molecule has 0 unspecified atom stereocenters. The van der Waals surface area contributed by atoms with E-state index in [1.807, 2.05) is 13.8 Å². The van der Waals surface area contributed by atoms with Crippen LogP contribution in [0.2, 0.25) is 0 Å². The molecule has 9 N–H and O–H groups in total. The number of carbonyl (C=O) groups is 6. The van der Waals surface area contributed by atoms with E-state index in [9.17, 15) is 39.0 Å². The Morgan fingerprint density at radius 1 is 0.796 bits per heavy atom. The Morgan fingerprint density at radius 3 is 2.02 bits per heavy atom. The molecule has 0 fully saturated rings. The third-order valence-electron chi connectivity index (χ3n) is 7.87. The Balaban J connectivity index is 1.82. The predicted octanol–water partition coefficient (Wildman–Crippen LogP) is -1.58. The van der Waals surface area contributed by atoms with Gasteiger partial charge in [0.05, 0.1) is 44.1 Å². The SMILES string of the molecule is CC(C)NCCOCCOCC(=O)N[C@@H](Cn1cc(C[C@H](N)C(=O)N[C@@H](C)C(=O)N[C@@H](C)C(=O)N[C@@H](Cc2ccc(O)cc2)C(=O)C(C)C)nn1)C(=O)O. The monoisotopic (exact) mass is 761 g/mol. The Labute approximate surface area is 314 Å². The van der Waals surface area contributed by atoms with Gasteiger partial charge >= 0.3 is 5.97 Å². The van der Waals surface area contributed by atoms with Crippen molar-refractivity contribution in [3.63, 3.8) is 0 Å². The summed E-state index contributed by atoms with van der Waals surface area (Å²) in [6, 6.07) is 1.05. The molecule has 0 saturated heterocycles. The molecule has 4 amide bonds. The summed E-state index contributed by atoms with van der Waals surface area (Å²) in [6.45, 7) is 11.3. The van der Waals surface area contributed by atoms with Crippen LogP contribution in [0.4, 0.5) is 0 Å². The van der Waals surface area contributed by atoms with Crippen LogP contribution in [0.25, 0.3) is 0 Å². The van der Waals surface area contributed by atoms with Gasteiger partial charge in [0.15, 0.2) is 5.78 Å². The first-order valence-electron chi connectivity index (χ1n) is 17.7. The summed E-state index contributed by atoms with van der Waals surface area (Å²) in [5.41, 5.74) is 7.02. The number of carbonyl (C=O) groups excluding carboxylic acids is 5. The lowest BCUT2D eigenvalue weighted by Gasteiger charge is -2.23. The van der Waals surface area contributed by atoms with Gasteiger partial charge in [-0.25, -0.2) is 9.48 Å². The molecule has 300 valence electrons. The number of nitrogens with two attached hydrogens (primary N) is 1. The number of carboxylic acid groups (broad SMARTS) is 1. The number of phenolic OH excluding ortho intramolecular Hbond substituents is 1. The number of rotatable bonds is 25. The van der Waals surface area contributed by atoms with Crippen LogP contribution in [-0.4, -0.2) is 130 Å². The maximum absolute atomic E-state index is 13.0. The highest BCUT2D eigenvalue weighted by Gasteiger charge is 2.28. The van der Waals surface area contributed by atoms with Gasteiger partial charge in [-0.2, -0.15) is 0 Å². The molecule has 0 aliphatic carbocycles. The van der Waals surface area contributed by atoms with E-state index in [1.54, 1.807) is 26.0 Å². The molecule has 54 heavy (non-hydrogen) atoms. The fraction of sp³-hybridized carbons (Fsp3) is 0.600. The summed E-state index contributed by atoms with van der Waals surface area (Å²) in [7, 11) is 0. The van der Waals surface area contributed by atoms with Crippen LogP contribution >= 0.6 is 0 Å². The van der Waals surface area contributed by atoms with Gasteiger partial charge in [0.2, 0.25) is 23.6 Å². The minimum Gasteiger partial charge on any atom is -0.508 e. The first-order chi connectivity index (χ1) is 25.5. The van der Waals surface area contributed by atoms with Crippen molar-refractivity contribution in [1.82, 2.24) is 41.6 Å². The molecule has 0 bridgehead atoms. The van der Waals surface area contributed by atoms with Crippen LogP contribution in [0.15, 0.2) is 30.5 Å². The summed E-state index contributed by atoms with van der Waals surface area (Å²) in [4.78, 5) is 75.5. The summed E-state index contributed by atoms with van der Waals surface area (Å²) < 4.78 is 11.8. The number of aliphatic carboxylic acids is 1. The molecule has 0 aliphatic heterocycles. The number of phenols is 1. The minimum absolute atomic E-state index is 0.0663. The van der Waals surface area contributed by atoms with Crippen molar-refractivity contribution in [1.29, 1.82) is 0 Å². The first kappa shape index (κ1) is 45.2. The van der Waals surface area contributed by atoms with Crippen molar-refractivity contribution in [2.45, 2.75) is 97.2 Å². The molecule has 5 atom stereocenters. The van der Waals surface area contributed by atoms with E-state index >= 15 is 0 Å². The molecular weight excluding hydrogens is 706 g/mol. The Hall–Kier alpha value is -4.98. The number of benzene rings is 1. The zero-order valence-electron chi connectivity index (χ0n) is 31.7. The molecule has 19 nitrogen and oxygen atoms in total. The van der Waals surface area contributed by atoms with E-state index in [0.29, 0.717) is 19.2 Å². The van der Waals surface area contributed by atoms with Crippen LogP contribution in [0, 0.1) is 5.92 Å². The van der Waals surface area contributed by atoms with E-state index in [-0.39, 0.29) is 62.4 Å². The van der Waals surface area contributed by atoms with Crippen molar-refractivity contribution in [3.05, 3.63) is 41.7 Å². The lowest BCUT2D eigenvalue weighted by molar-refractivity contribution is -0.143. The first-order valence-corrected chi connectivity index (χ1v) is 17.7. The van der Waals surface area contributed by atoms with Crippen molar-refractivity contribution >= 4 is 35.4 Å². The molecule has 1 heterocycles. The van der Waals surface area contributed by atoms with Crippen molar-refractivity contribution in [2.75, 3.05) is 33.0 Å². The number of hydrogen-bond donors (Lipinski definition) is 8. The minimum atomic E-state index is -1.35. The fourth-order valence-corrected chi connectivity index (χ4v) is 4.83. The average Bonchev–Trinajstić information content (AvgIpc) is 3.55. The highest BCUT2D eigenvalue weighted by Crippen LogP contribution is 2.13. The standard InChI is InChI=1S/C35H55N9O10/c1-20(2)31(47)28(15-24-7-9-26(45)10-8-24)41-33(49)23(6)38-32(48)22(5)39-34(50)27(36)16-25-17-44(43-42-25)18-29(35(51)52)40-30(46)19-54-14-13-53-12-11-37-21(3)4/h7-10,17,20-23,27-29,37,45H,11-16,18-19,36H2,1-6H3,(H,38,48)(H,39,50)(H,40,46)(H,41,49)(H,51,52)/t22-,23-,27-,28-,29-/m0/s1. The number of hydrogen-bond acceptors (Lipinski definition) is 13. The predicted molar refractivity (Wildman–Crippen MR) is 195 cm³/mol. The Kier molecular flexibility index (Phi) is 19.2. The number of amides is 4. The van der Waals surface area contributed by atoms with E-state index in [0.717, 1.165) is 5.56 Å². The number of carboxylic acids is 1. The second-order valence-corrected chi connectivity index (χ2v) is 13.4. The summed E-state index contributed by atoms with van der Waals surface area (Å²) in [5.74, 6) is -4.46. The van der Waals surface area contributed by atoms with Gasteiger partial charge in [0.25, 0.3) is 0 Å². The largest absolute Gasteiger partial charge is 0.508 e. The van der Waals surface area contributed by atoms with Gasteiger partial charge in [0, 0.05) is 31.1 Å². The summed E-state index contributed by atoms with van der Waals surface area (Å²) in [5, 5.41) is 40.2. The zero-order chi connectivity index (χ0) is 40.4. The third-order valence-corrected chi connectivity index (χ3v) is 7.87. The molecule has 0 aliphatic rings. The maximum atomic E-state index is 13.0. The van der Waals surface area contributed by atoms with Gasteiger partial charge < -0.3 is 52.0 Å². The van der Waals surface area contributed by atoms with Crippen LogP contribution in [0.1, 0.15) is 52.8 Å². The van der Waals surface area contributed by atoms with Gasteiger partial charge in [-0.05, 0) is 38.0 Å². The molecule has 19 heteroatoms. The molecule has 0 radical (unpaired) electrons. The molecule has 0 spiro atoms. The number of ether oxygens (including phenoxy) is 2. The fourth-order valence-electron chi connectivity index (χ4n) is 4.83. The van der Waals surface area contributed by atoms with Crippen molar-refractivity contribution in [2.24, 2.45) is 11.7 Å². The Morgan fingerprint density at radius 2 is 1.41 bits per heavy atom. The molecule has 0 saturated carbocycles. The second kappa shape index (κ2) is 22.9. The number of nitrogens with one attached hydrogen (secondary N) is 5. The lowest BCUT2D eigenvalue weighted by Crippen LogP contribution is -2.56.